The summed E-state index contributed by atoms with van der Waals surface area (Å²) in [4.78, 5) is 20.0. The lowest BCUT2D eigenvalue weighted by Gasteiger charge is -2.02. The monoisotopic (exact) mass is 276 g/mol. The van der Waals surface area contributed by atoms with Gasteiger partial charge >= 0.3 is 5.97 Å². The van der Waals surface area contributed by atoms with Crippen LogP contribution in [-0.2, 0) is 16.0 Å². The van der Waals surface area contributed by atoms with Crippen molar-refractivity contribution in [1.82, 2.24) is 9.97 Å². The lowest BCUT2D eigenvalue weighted by atomic mass is 10.2. The Kier molecular flexibility index (Phi) is 4.27. The second-order valence-electron chi connectivity index (χ2n) is 4.40. The van der Waals surface area contributed by atoms with Crippen molar-refractivity contribution < 1.29 is 9.53 Å². The highest BCUT2D eigenvalue weighted by Crippen LogP contribution is 2.25. The highest BCUT2D eigenvalue weighted by atomic mass is 32.1. The second-order valence-corrected chi connectivity index (χ2v) is 5.26. The van der Waals surface area contributed by atoms with Gasteiger partial charge in [0.1, 0.15) is 10.7 Å². The largest absolute Gasteiger partial charge is 0.469 e. The molecule has 0 aliphatic carbocycles. The molecule has 2 rings (SSSR count). The molecule has 0 spiro atoms. The third-order valence-corrected chi connectivity index (χ3v) is 3.68. The number of esters is 1. The number of pyridine rings is 1. The summed E-state index contributed by atoms with van der Waals surface area (Å²) in [6.45, 7) is 4.05. The van der Waals surface area contributed by atoms with Crippen LogP contribution < -0.4 is 0 Å². The number of hydrogen-bond acceptors (Lipinski definition) is 5. The summed E-state index contributed by atoms with van der Waals surface area (Å²) in [5.41, 5.74) is 4.09. The Balaban J connectivity index is 2.14. The minimum Gasteiger partial charge on any atom is -0.469 e. The minimum atomic E-state index is -0.209. The zero-order chi connectivity index (χ0) is 13.8. The Hall–Kier alpha value is -1.75. The molecular weight excluding hydrogens is 260 g/mol. The van der Waals surface area contributed by atoms with E-state index in [1.165, 1.54) is 7.11 Å². The van der Waals surface area contributed by atoms with Crippen LogP contribution in [0.3, 0.4) is 0 Å². The van der Waals surface area contributed by atoms with Gasteiger partial charge in [-0.05, 0) is 25.0 Å². The van der Waals surface area contributed by atoms with Crippen molar-refractivity contribution in [2.24, 2.45) is 0 Å². The molecule has 0 fully saturated rings. The van der Waals surface area contributed by atoms with Crippen molar-refractivity contribution in [2.75, 3.05) is 7.11 Å². The van der Waals surface area contributed by atoms with E-state index in [1.54, 1.807) is 11.3 Å². The molecule has 100 valence electrons. The number of rotatable bonds is 4. The normalized spacial score (nSPS) is 10.5. The van der Waals surface area contributed by atoms with Crippen LogP contribution in [0.4, 0.5) is 0 Å². The molecule has 0 saturated carbocycles. The van der Waals surface area contributed by atoms with Gasteiger partial charge in [-0.1, -0.05) is 6.07 Å². The van der Waals surface area contributed by atoms with Gasteiger partial charge in [0.2, 0.25) is 0 Å². The standard InChI is InChI=1S/C14H16N2O2S/c1-9-6-10(2)13(15-7-9)14-16-11(8-19-14)4-5-12(17)18-3/h6-8H,4-5H2,1-3H3. The quantitative estimate of drug-likeness (QED) is 0.806. The maximum atomic E-state index is 11.1. The third kappa shape index (κ3) is 3.38. The first-order chi connectivity index (χ1) is 9.10. The molecular formula is C14H16N2O2S. The number of aromatic nitrogens is 2. The summed E-state index contributed by atoms with van der Waals surface area (Å²) in [6, 6.07) is 2.10. The summed E-state index contributed by atoms with van der Waals surface area (Å²) in [5.74, 6) is -0.209. The van der Waals surface area contributed by atoms with Crippen molar-refractivity contribution >= 4 is 17.3 Å². The molecule has 0 aromatic carbocycles. The fourth-order valence-corrected chi connectivity index (χ4v) is 2.72. The van der Waals surface area contributed by atoms with E-state index in [0.717, 1.165) is 27.5 Å². The summed E-state index contributed by atoms with van der Waals surface area (Å²) < 4.78 is 4.62. The molecule has 0 aliphatic heterocycles. The van der Waals surface area contributed by atoms with Crippen LogP contribution in [0.15, 0.2) is 17.6 Å². The maximum absolute atomic E-state index is 11.1. The lowest BCUT2D eigenvalue weighted by Crippen LogP contribution is -2.02. The van der Waals surface area contributed by atoms with Gasteiger partial charge in [0, 0.05) is 18.0 Å². The number of carbonyl (C=O) groups is 1. The summed E-state index contributed by atoms with van der Waals surface area (Å²) >= 11 is 1.56. The first-order valence-corrected chi connectivity index (χ1v) is 6.93. The van der Waals surface area contributed by atoms with E-state index in [-0.39, 0.29) is 5.97 Å². The zero-order valence-corrected chi connectivity index (χ0v) is 12.1. The molecule has 0 radical (unpaired) electrons. The second kappa shape index (κ2) is 5.93. The number of methoxy groups -OCH3 is 1. The Bertz CT molecular complexity index is 593. The molecule has 0 unspecified atom stereocenters. The van der Waals surface area contributed by atoms with Gasteiger partial charge in [-0.3, -0.25) is 9.78 Å². The van der Waals surface area contributed by atoms with Crippen molar-refractivity contribution in [3.8, 4) is 10.7 Å². The highest BCUT2D eigenvalue weighted by molar-refractivity contribution is 7.13. The fraction of sp³-hybridized carbons (Fsp3) is 0.357. The molecule has 0 bridgehead atoms. The molecule has 2 aromatic rings. The van der Waals surface area contributed by atoms with Crippen LogP contribution in [0, 0.1) is 13.8 Å². The molecule has 0 aliphatic rings. The van der Waals surface area contributed by atoms with Gasteiger partial charge in [-0.25, -0.2) is 4.98 Å². The van der Waals surface area contributed by atoms with Crippen LogP contribution in [0.25, 0.3) is 10.7 Å². The van der Waals surface area contributed by atoms with E-state index in [1.807, 2.05) is 25.4 Å². The Morgan fingerprint density at radius 3 is 2.89 bits per heavy atom. The van der Waals surface area contributed by atoms with Crippen molar-refractivity contribution in [3.63, 3.8) is 0 Å². The van der Waals surface area contributed by atoms with Crippen LogP contribution >= 0.6 is 11.3 Å². The van der Waals surface area contributed by atoms with Crippen LogP contribution in [-0.4, -0.2) is 23.0 Å². The molecule has 2 heterocycles. The molecule has 4 nitrogen and oxygen atoms in total. The SMILES string of the molecule is COC(=O)CCc1csc(-c2ncc(C)cc2C)n1. The van der Waals surface area contributed by atoms with Gasteiger partial charge in [0.15, 0.2) is 0 Å². The highest BCUT2D eigenvalue weighted by Gasteiger charge is 2.10. The number of ether oxygens (including phenoxy) is 1. The molecule has 0 N–H and O–H groups in total. The minimum absolute atomic E-state index is 0.209. The predicted octanol–water partition coefficient (Wildman–Crippen LogP) is 2.93. The first kappa shape index (κ1) is 13.7. The van der Waals surface area contributed by atoms with Crippen molar-refractivity contribution in [3.05, 3.63) is 34.5 Å². The van der Waals surface area contributed by atoms with Crippen LogP contribution in [0.1, 0.15) is 23.2 Å². The average molecular weight is 276 g/mol. The maximum Gasteiger partial charge on any atom is 0.305 e. The number of carbonyl (C=O) groups excluding carboxylic acids is 1. The summed E-state index contributed by atoms with van der Waals surface area (Å²) in [6.07, 6.45) is 2.81. The Labute approximate surface area is 116 Å². The number of thiazole rings is 1. The van der Waals surface area contributed by atoms with Crippen LogP contribution in [0.2, 0.25) is 0 Å². The van der Waals surface area contributed by atoms with Crippen LogP contribution in [0.5, 0.6) is 0 Å². The first-order valence-electron chi connectivity index (χ1n) is 6.05. The van der Waals surface area contributed by atoms with E-state index >= 15 is 0 Å². The summed E-state index contributed by atoms with van der Waals surface area (Å²) in [7, 11) is 1.40. The molecule has 0 amide bonds. The third-order valence-electron chi connectivity index (χ3n) is 2.78. The lowest BCUT2D eigenvalue weighted by molar-refractivity contribution is -0.140. The molecule has 19 heavy (non-hydrogen) atoms. The van der Waals surface area contributed by atoms with Gasteiger partial charge in [0.25, 0.3) is 0 Å². The van der Waals surface area contributed by atoms with Crippen molar-refractivity contribution in [2.45, 2.75) is 26.7 Å². The van der Waals surface area contributed by atoms with E-state index in [0.29, 0.717) is 12.8 Å². The molecule has 0 saturated heterocycles. The molecule has 5 heteroatoms. The smallest absolute Gasteiger partial charge is 0.305 e. The van der Waals surface area contributed by atoms with Crippen molar-refractivity contribution in [1.29, 1.82) is 0 Å². The number of hydrogen-bond donors (Lipinski definition) is 0. The van der Waals surface area contributed by atoms with E-state index in [4.69, 9.17) is 0 Å². The Morgan fingerprint density at radius 1 is 1.42 bits per heavy atom. The topological polar surface area (TPSA) is 52.1 Å². The zero-order valence-electron chi connectivity index (χ0n) is 11.3. The molecule has 2 aromatic heterocycles. The molecule has 0 atom stereocenters. The van der Waals surface area contributed by atoms with E-state index in [9.17, 15) is 4.79 Å². The Morgan fingerprint density at radius 2 is 2.21 bits per heavy atom. The van der Waals surface area contributed by atoms with E-state index < -0.39 is 0 Å². The van der Waals surface area contributed by atoms with Gasteiger partial charge in [0.05, 0.1) is 19.2 Å². The number of aryl methyl sites for hydroxylation is 3. The average Bonchev–Trinajstić information content (AvgIpc) is 2.84. The fourth-order valence-electron chi connectivity index (χ4n) is 1.80. The predicted molar refractivity (Wildman–Crippen MR) is 75.2 cm³/mol. The van der Waals surface area contributed by atoms with E-state index in [2.05, 4.69) is 20.8 Å². The number of nitrogens with zero attached hydrogens (tertiary/aromatic N) is 2. The summed E-state index contributed by atoms with van der Waals surface area (Å²) in [5, 5.41) is 2.87. The van der Waals surface area contributed by atoms with Gasteiger partial charge < -0.3 is 4.74 Å². The van der Waals surface area contributed by atoms with Gasteiger partial charge in [-0.15, -0.1) is 11.3 Å². The van der Waals surface area contributed by atoms with Gasteiger partial charge in [-0.2, -0.15) is 0 Å².